The average Bonchev–Trinajstić information content (AvgIpc) is 2.33. The molecule has 0 amide bonds. The summed E-state index contributed by atoms with van der Waals surface area (Å²) in [7, 11) is 0. The van der Waals surface area contributed by atoms with Gasteiger partial charge in [0.1, 0.15) is 0 Å². The van der Waals surface area contributed by atoms with Crippen molar-refractivity contribution in [2.75, 3.05) is 5.32 Å². The largest absolute Gasteiger partial charge is 0.355 e. The molecule has 0 atom stereocenters. The normalized spacial score (nSPS) is 9.50. The molecule has 2 aromatic carbocycles. The van der Waals surface area contributed by atoms with Crippen molar-refractivity contribution in [3.05, 3.63) is 59.7 Å². The minimum absolute atomic E-state index is 0.931. The summed E-state index contributed by atoms with van der Waals surface area (Å²) in [6, 6.07) is 16.1. The van der Waals surface area contributed by atoms with Crippen LogP contribution in [0.15, 0.2) is 48.5 Å². The summed E-state index contributed by atoms with van der Waals surface area (Å²) in [5.41, 5.74) is 4.14. The molecule has 0 aromatic heterocycles. The quantitative estimate of drug-likeness (QED) is 0.740. The molecule has 2 aromatic rings. The molecular weight excluding hydrogens is 194 g/mol. The Hall–Kier alpha value is -2.20. The highest BCUT2D eigenvalue weighted by Gasteiger charge is 1.98. The van der Waals surface area contributed by atoms with Crippen LogP contribution >= 0.6 is 0 Å². The predicted octanol–water partition coefficient (Wildman–Crippen LogP) is 3.72. The number of terminal acetylenes is 1. The van der Waals surface area contributed by atoms with Crippen LogP contribution in [0.25, 0.3) is 0 Å². The van der Waals surface area contributed by atoms with E-state index in [9.17, 15) is 0 Å². The van der Waals surface area contributed by atoms with Gasteiger partial charge in [-0.1, -0.05) is 30.2 Å². The van der Waals surface area contributed by atoms with Crippen molar-refractivity contribution in [3.63, 3.8) is 0 Å². The monoisotopic (exact) mass is 207 g/mol. The van der Waals surface area contributed by atoms with Crippen molar-refractivity contribution in [2.45, 2.75) is 6.92 Å². The first-order valence-corrected chi connectivity index (χ1v) is 5.19. The lowest BCUT2D eigenvalue weighted by atomic mass is 10.1. The van der Waals surface area contributed by atoms with Gasteiger partial charge in [-0.3, -0.25) is 0 Å². The predicted molar refractivity (Wildman–Crippen MR) is 68.8 cm³/mol. The summed E-state index contributed by atoms with van der Waals surface area (Å²) in [4.78, 5) is 0. The summed E-state index contributed by atoms with van der Waals surface area (Å²) < 4.78 is 0. The van der Waals surface area contributed by atoms with E-state index in [1.807, 2.05) is 55.5 Å². The van der Waals surface area contributed by atoms with Gasteiger partial charge in [0.25, 0.3) is 0 Å². The van der Waals surface area contributed by atoms with E-state index in [1.54, 1.807) is 0 Å². The number of aryl methyl sites for hydroxylation is 1. The van der Waals surface area contributed by atoms with Crippen LogP contribution in [0.5, 0.6) is 0 Å². The van der Waals surface area contributed by atoms with Gasteiger partial charge < -0.3 is 5.32 Å². The fourth-order valence-electron chi connectivity index (χ4n) is 1.54. The van der Waals surface area contributed by atoms with E-state index in [2.05, 4.69) is 11.2 Å². The highest BCUT2D eigenvalue weighted by Crippen LogP contribution is 2.19. The van der Waals surface area contributed by atoms with Crippen molar-refractivity contribution in [2.24, 2.45) is 0 Å². The number of anilines is 2. The van der Waals surface area contributed by atoms with E-state index in [0.29, 0.717) is 0 Å². The van der Waals surface area contributed by atoms with Gasteiger partial charge in [0.2, 0.25) is 0 Å². The zero-order valence-corrected chi connectivity index (χ0v) is 9.20. The van der Waals surface area contributed by atoms with E-state index in [-0.39, 0.29) is 0 Å². The zero-order valence-electron chi connectivity index (χ0n) is 9.20. The fourth-order valence-corrected chi connectivity index (χ4v) is 1.54. The van der Waals surface area contributed by atoms with E-state index in [0.717, 1.165) is 22.5 Å². The van der Waals surface area contributed by atoms with Crippen LogP contribution in [0.2, 0.25) is 0 Å². The molecule has 0 bridgehead atoms. The first-order valence-electron chi connectivity index (χ1n) is 5.19. The Bertz CT molecular complexity index is 521. The van der Waals surface area contributed by atoms with E-state index in [4.69, 9.17) is 6.42 Å². The fraction of sp³-hybridized carbons (Fsp3) is 0.0667. The molecule has 0 aliphatic carbocycles. The lowest BCUT2D eigenvalue weighted by molar-refractivity contribution is 1.42. The molecule has 0 saturated heterocycles. The van der Waals surface area contributed by atoms with Gasteiger partial charge in [-0.25, -0.2) is 0 Å². The topological polar surface area (TPSA) is 12.0 Å². The van der Waals surface area contributed by atoms with Crippen molar-refractivity contribution in [1.29, 1.82) is 0 Å². The van der Waals surface area contributed by atoms with Crippen LogP contribution in [0.4, 0.5) is 11.4 Å². The maximum absolute atomic E-state index is 5.44. The molecule has 0 saturated carbocycles. The van der Waals surface area contributed by atoms with Gasteiger partial charge >= 0.3 is 0 Å². The Morgan fingerprint density at radius 2 is 1.75 bits per heavy atom. The van der Waals surface area contributed by atoms with Crippen LogP contribution in [-0.4, -0.2) is 0 Å². The van der Waals surface area contributed by atoms with E-state index >= 15 is 0 Å². The molecule has 0 spiro atoms. The van der Waals surface area contributed by atoms with Gasteiger partial charge in [0.05, 0.1) is 0 Å². The van der Waals surface area contributed by atoms with Gasteiger partial charge in [0.15, 0.2) is 0 Å². The third-order valence-corrected chi connectivity index (χ3v) is 2.46. The van der Waals surface area contributed by atoms with Gasteiger partial charge in [-0.15, -0.1) is 6.42 Å². The molecule has 78 valence electrons. The molecule has 0 aliphatic heterocycles. The third kappa shape index (κ3) is 2.24. The number of rotatable bonds is 2. The smallest absolute Gasteiger partial charge is 0.0396 e. The summed E-state index contributed by atoms with van der Waals surface area (Å²) in [6.45, 7) is 2.02. The number of nitrogens with one attached hydrogen (secondary N) is 1. The Morgan fingerprint density at radius 3 is 2.44 bits per heavy atom. The molecule has 2 rings (SSSR count). The van der Waals surface area contributed by atoms with Crippen molar-refractivity contribution < 1.29 is 0 Å². The second-order valence-electron chi connectivity index (χ2n) is 3.67. The van der Waals surface area contributed by atoms with Gasteiger partial charge in [-0.2, -0.15) is 0 Å². The highest BCUT2D eigenvalue weighted by molar-refractivity contribution is 5.62. The van der Waals surface area contributed by atoms with Crippen LogP contribution in [0, 0.1) is 19.3 Å². The van der Waals surface area contributed by atoms with E-state index in [1.165, 1.54) is 0 Å². The minimum Gasteiger partial charge on any atom is -0.355 e. The molecule has 1 nitrogen and oxygen atoms in total. The summed E-state index contributed by atoms with van der Waals surface area (Å²) in [5, 5.41) is 3.31. The summed E-state index contributed by atoms with van der Waals surface area (Å²) >= 11 is 0. The molecule has 0 aliphatic rings. The molecule has 0 fully saturated rings. The van der Waals surface area contributed by atoms with Crippen molar-refractivity contribution >= 4 is 11.4 Å². The molecule has 0 heterocycles. The Balaban J connectivity index is 2.27. The van der Waals surface area contributed by atoms with Crippen LogP contribution in [0.3, 0.4) is 0 Å². The number of benzene rings is 2. The van der Waals surface area contributed by atoms with Crippen LogP contribution < -0.4 is 5.32 Å². The maximum Gasteiger partial charge on any atom is 0.0396 e. The van der Waals surface area contributed by atoms with Gasteiger partial charge in [0, 0.05) is 16.9 Å². The first kappa shape index (κ1) is 10.3. The zero-order chi connectivity index (χ0) is 11.4. The Labute approximate surface area is 96.1 Å². The summed E-state index contributed by atoms with van der Waals surface area (Å²) in [6.07, 6.45) is 5.44. The SMILES string of the molecule is C#Cc1cc(Nc2ccccc2)ccc1C. The number of hydrogen-bond acceptors (Lipinski definition) is 1. The number of hydrogen-bond donors (Lipinski definition) is 1. The Kier molecular flexibility index (Phi) is 2.93. The second kappa shape index (κ2) is 4.55. The molecule has 16 heavy (non-hydrogen) atoms. The minimum atomic E-state index is 0.931. The van der Waals surface area contributed by atoms with Gasteiger partial charge in [-0.05, 0) is 36.8 Å². The molecule has 0 unspecified atom stereocenters. The molecular formula is C15H13N. The third-order valence-electron chi connectivity index (χ3n) is 2.46. The molecule has 1 N–H and O–H groups in total. The standard InChI is InChI=1S/C15H13N/c1-3-13-11-15(10-9-12(13)2)16-14-7-5-4-6-8-14/h1,4-11,16H,2H3. The highest BCUT2D eigenvalue weighted by atomic mass is 14.9. The first-order chi connectivity index (χ1) is 7.79. The molecule has 0 radical (unpaired) electrons. The van der Waals surface area contributed by atoms with Crippen molar-refractivity contribution in [3.8, 4) is 12.3 Å². The second-order valence-corrected chi connectivity index (χ2v) is 3.67. The van der Waals surface area contributed by atoms with Crippen molar-refractivity contribution in [1.82, 2.24) is 0 Å². The number of para-hydroxylation sites is 1. The lowest BCUT2D eigenvalue weighted by Crippen LogP contribution is -1.91. The molecule has 1 heteroatoms. The summed E-state index contributed by atoms with van der Waals surface area (Å²) in [5.74, 6) is 2.68. The lowest BCUT2D eigenvalue weighted by Gasteiger charge is -2.07. The average molecular weight is 207 g/mol. The van der Waals surface area contributed by atoms with Crippen LogP contribution in [-0.2, 0) is 0 Å². The maximum atomic E-state index is 5.44. The van der Waals surface area contributed by atoms with Crippen LogP contribution in [0.1, 0.15) is 11.1 Å². The Morgan fingerprint density at radius 1 is 1.00 bits per heavy atom. The van der Waals surface area contributed by atoms with E-state index < -0.39 is 0 Å².